The number of aryl methyl sites for hydroxylation is 1. The van der Waals surface area contributed by atoms with Gasteiger partial charge in [-0.25, -0.2) is 0 Å². The second-order valence-electron chi connectivity index (χ2n) is 7.83. The molecule has 0 aliphatic carbocycles. The molecule has 0 unspecified atom stereocenters. The fourth-order valence-electron chi connectivity index (χ4n) is 4.01. The van der Waals surface area contributed by atoms with Crippen LogP contribution in [-0.2, 0) is 23.2 Å². The Bertz CT molecular complexity index is 641. The van der Waals surface area contributed by atoms with Crippen molar-refractivity contribution in [1.29, 1.82) is 0 Å². The molecule has 1 aromatic heterocycles. The van der Waals surface area contributed by atoms with E-state index in [0.717, 1.165) is 38.0 Å². The van der Waals surface area contributed by atoms with E-state index in [9.17, 15) is 9.59 Å². The minimum Gasteiger partial charge on any atom is -0.348 e. The molecule has 7 nitrogen and oxygen atoms in total. The van der Waals surface area contributed by atoms with Gasteiger partial charge in [0.2, 0.25) is 11.8 Å². The van der Waals surface area contributed by atoms with E-state index < -0.39 is 0 Å². The Balaban J connectivity index is 1.80. The number of nitrogens with one attached hydrogen (secondary N) is 1. The number of hydrogen-bond donors (Lipinski definition) is 1. The molecule has 1 aromatic rings. The predicted molar refractivity (Wildman–Crippen MR) is 94.6 cm³/mol. The van der Waals surface area contributed by atoms with Gasteiger partial charge in [-0.3, -0.25) is 19.2 Å². The van der Waals surface area contributed by atoms with Crippen molar-refractivity contribution in [3.8, 4) is 0 Å². The number of piperidine rings is 1. The standard InChI is InChI=1S/C18H29N5O2/c1-14(2)17(25)23-8-7-22(11-15-9-19-21(3)10-15)12-18(13-23)6-4-5-16(24)20-18/h9-10,14H,4-8,11-13H2,1-3H3,(H,20,24)/t18-/m1/s1. The van der Waals surface area contributed by atoms with Crippen LogP contribution in [0.5, 0.6) is 0 Å². The van der Waals surface area contributed by atoms with E-state index in [2.05, 4.69) is 15.3 Å². The van der Waals surface area contributed by atoms with Crippen LogP contribution in [0.3, 0.4) is 0 Å². The Hall–Kier alpha value is -1.89. The van der Waals surface area contributed by atoms with Crippen molar-refractivity contribution < 1.29 is 9.59 Å². The highest BCUT2D eigenvalue weighted by molar-refractivity contribution is 5.79. The van der Waals surface area contributed by atoms with Gasteiger partial charge in [0.25, 0.3) is 0 Å². The Morgan fingerprint density at radius 3 is 2.80 bits per heavy atom. The summed E-state index contributed by atoms with van der Waals surface area (Å²) in [6.45, 7) is 7.56. The van der Waals surface area contributed by atoms with Gasteiger partial charge >= 0.3 is 0 Å². The average Bonchev–Trinajstić information content (AvgIpc) is 2.87. The lowest BCUT2D eigenvalue weighted by Gasteiger charge is -2.41. The van der Waals surface area contributed by atoms with Gasteiger partial charge in [-0.05, 0) is 12.8 Å². The maximum atomic E-state index is 12.6. The van der Waals surface area contributed by atoms with E-state index in [1.165, 1.54) is 0 Å². The van der Waals surface area contributed by atoms with Crippen molar-refractivity contribution in [2.75, 3.05) is 26.2 Å². The summed E-state index contributed by atoms with van der Waals surface area (Å²) in [5.41, 5.74) is 0.821. The quantitative estimate of drug-likeness (QED) is 0.876. The lowest BCUT2D eigenvalue weighted by atomic mass is 9.87. The molecule has 3 rings (SSSR count). The summed E-state index contributed by atoms with van der Waals surface area (Å²) in [7, 11) is 1.91. The number of carbonyl (C=O) groups is 2. The fourth-order valence-corrected chi connectivity index (χ4v) is 4.01. The maximum absolute atomic E-state index is 12.6. The molecule has 2 aliphatic heterocycles. The summed E-state index contributed by atoms with van der Waals surface area (Å²) in [5.74, 6) is 0.245. The van der Waals surface area contributed by atoms with Crippen molar-refractivity contribution in [3.05, 3.63) is 18.0 Å². The van der Waals surface area contributed by atoms with Gasteiger partial charge in [-0.1, -0.05) is 13.8 Å². The third kappa shape index (κ3) is 4.21. The molecule has 0 saturated carbocycles. The molecule has 2 saturated heterocycles. The first-order chi connectivity index (χ1) is 11.9. The van der Waals surface area contributed by atoms with Crippen LogP contribution in [-0.4, -0.2) is 63.1 Å². The first-order valence-electron chi connectivity index (χ1n) is 9.17. The Labute approximate surface area is 149 Å². The molecule has 1 N–H and O–H groups in total. The van der Waals surface area contributed by atoms with Gasteiger partial charge in [-0.15, -0.1) is 0 Å². The highest BCUT2D eigenvalue weighted by Gasteiger charge is 2.41. The summed E-state index contributed by atoms with van der Waals surface area (Å²) in [6, 6.07) is 0. The van der Waals surface area contributed by atoms with Crippen LogP contribution in [0.4, 0.5) is 0 Å². The lowest BCUT2D eigenvalue weighted by molar-refractivity contribution is -0.136. The molecule has 2 amide bonds. The van der Waals surface area contributed by atoms with E-state index in [4.69, 9.17) is 0 Å². The molecule has 25 heavy (non-hydrogen) atoms. The van der Waals surface area contributed by atoms with Crippen LogP contribution < -0.4 is 5.32 Å². The molecule has 0 radical (unpaired) electrons. The van der Waals surface area contributed by atoms with Gasteiger partial charge in [0.05, 0.1) is 11.7 Å². The van der Waals surface area contributed by atoms with E-state index >= 15 is 0 Å². The van der Waals surface area contributed by atoms with Crippen molar-refractivity contribution in [2.45, 2.75) is 45.2 Å². The van der Waals surface area contributed by atoms with Gasteiger partial charge in [0, 0.05) is 63.9 Å². The van der Waals surface area contributed by atoms with Gasteiger partial charge in [-0.2, -0.15) is 5.10 Å². The van der Waals surface area contributed by atoms with Crippen LogP contribution in [0.15, 0.2) is 12.4 Å². The van der Waals surface area contributed by atoms with Crippen LogP contribution in [0.25, 0.3) is 0 Å². The van der Waals surface area contributed by atoms with Gasteiger partial charge in [0.1, 0.15) is 0 Å². The SMILES string of the molecule is CC(C)C(=O)N1CCN(Cc2cnn(C)c2)C[C@]2(CCCC(=O)N2)C1. The third-order valence-corrected chi connectivity index (χ3v) is 5.14. The largest absolute Gasteiger partial charge is 0.348 e. The van der Waals surface area contributed by atoms with Crippen LogP contribution in [0.1, 0.15) is 38.7 Å². The third-order valence-electron chi connectivity index (χ3n) is 5.14. The molecule has 1 spiro atoms. The molecule has 0 aromatic carbocycles. The van der Waals surface area contributed by atoms with Crippen molar-refractivity contribution in [3.63, 3.8) is 0 Å². The number of nitrogens with zero attached hydrogens (tertiary/aromatic N) is 4. The van der Waals surface area contributed by atoms with E-state index in [1.807, 2.05) is 38.2 Å². The maximum Gasteiger partial charge on any atom is 0.225 e. The molecule has 7 heteroatoms. The molecular formula is C18H29N5O2. The first-order valence-corrected chi connectivity index (χ1v) is 9.17. The van der Waals surface area contributed by atoms with E-state index in [-0.39, 0.29) is 23.3 Å². The molecule has 1 atom stereocenters. The topological polar surface area (TPSA) is 70.5 Å². The van der Waals surface area contributed by atoms with Crippen LogP contribution >= 0.6 is 0 Å². The number of hydrogen-bond acceptors (Lipinski definition) is 4. The molecule has 2 fully saturated rings. The summed E-state index contributed by atoms with van der Waals surface area (Å²) < 4.78 is 1.81. The number of amides is 2. The number of aromatic nitrogens is 2. The highest BCUT2D eigenvalue weighted by atomic mass is 16.2. The minimum atomic E-state index is -0.335. The number of carbonyl (C=O) groups excluding carboxylic acids is 2. The monoisotopic (exact) mass is 347 g/mol. The Kier molecular flexibility index (Phi) is 5.13. The van der Waals surface area contributed by atoms with Crippen molar-refractivity contribution in [2.24, 2.45) is 13.0 Å². The summed E-state index contributed by atoms with van der Waals surface area (Å²) in [4.78, 5) is 29.0. The van der Waals surface area contributed by atoms with Gasteiger partial charge < -0.3 is 10.2 Å². The zero-order valence-corrected chi connectivity index (χ0v) is 15.5. The zero-order chi connectivity index (χ0) is 18.0. The molecule has 0 bridgehead atoms. The molecule has 3 heterocycles. The summed E-state index contributed by atoms with van der Waals surface area (Å²) >= 11 is 0. The first kappa shape index (κ1) is 17.9. The molecular weight excluding hydrogens is 318 g/mol. The van der Waals surface area contributed by atoms with E-state index in [0.29, 0.717) is 19.5 Å². The predicted octanol–water partition coefficient (Wildman–Crippen LogP) is 0.759. The smallest absolute Gasteiger partial charge is 0.225 e. The lowest BCUT2D eigenvalue weighted by Crippen LogP contribution is -2.61. The molecule has 2 aliphatic rings. The second kappa shape index (κ2) is 7.15. The number of rotatable bonds is 3. The summed E-state index contributed by atoms with van der Waals surface area (Å²) in [5, 5.41) is 7.46. The molecule has 138 valence electrons. The van der Waals surface area contributed by atoms with E-state index in [1.54, 1.807) is 4.68 Å². The van der Waals surface area contributed by atoms with Gasteiger partial charge in [0.15, 0.2) is 0 Å². The summed E-state index contributed by atoms with van der Waals surface area (Å²) in [6.07, 6.45) is 6.30. The minimum absolute atomic E-state index is 0.0267. The average molecular weight is 347 g/mol. The van der Waals surface area contributed by atoms with Crippen LogP contribution in [0.2, 0.25) is 0 Å². The second-order valence-corrected chi connectivity index (χ2v) is 7.83. The van der Waals surface area contributed by atoms with Crippen LogP contribution in [0, 0.1) is 5.92 Å². The van der Waals surface area contributed by atoms with Crippen molar-refractivity contribution in [1.82, 2.24) is 24.9 Å². The highest BCUT2D eigenvalue weighted by Crippen LogP contribution is 2.26. The fraction of sp³-hybridized carbons (Fsp3) is 0.722. The Morgan fingerprint density at radius 2 is 2.16 bits per heavy atom. The Morgan fingerprint density at radius 1 is 1.36 bits per heavy atom. The normalized spacial score (nSPS) is 25.3. The zero-order valence-electron chi connectivity index (χ0n) is 15.5. The van der Waals surface area contributed by atoms with Crippen molar-refractivity contribution >= 4 is 11.8 Å².